The third kappa shape index (κ3) is 5.97. The first-order valence-electron chi connectivity index (χ1n) is 10.3. The van der Waals surface area contributed by atoms with Crippen LogP contribution in [0.1, 0.15) is 30.2 Å². The number of rotatable bonds is 11. The Labute approximate surface area is 182 Å². The number of hydrogen-bond donors (Lipinski definition) is 2. The third-order valence-corrected chi connectivity index (χ3v) is 6.69. The largest absolute Gasteiger partial charge is 0.494 e. The highest BCUT2D eigenvalue weighted by Crippen LogP contribution is 2.42. The number of aromatic nitrogens is 1. The van der Waals surface area contributed by atoms with Crippen LogP contribution in [0.25, 0.3) is 10.9 Å². The Kier molecular flexibility index (Phi) is 7.55. The Morgan fingerprint density at radius 2 is 1.94 bits per heavy atom. The van der Waals surface area contributed by atoms with E-state index < -0.39 is 7.60 Å². The number of hydrogen-bond acceptors (Lipinski definition) is 4. The molecule has 166 valence electrons. The molecule has 3 N–H and O–H groups in total. The van der Waals surface area contributed by atoms with Crippen molar-refractivity contribution in [1.29, 1.82) is 0 Å². The predicted octanol–water partition coefficient (Wildman–Crippen LogP) is 4.02. The number of nitrogens with two attached hydrogens (primary N) is 1. The average Bonchev–Trinajstić information content (AvgIpc) is 2.97. The molecule has 0 aliphatic rings. The first-order valence-corrected chi connectivity index (χ1v) is 12.1. The summed E-state index contributed by atoms with van der Waals surface area (Å²) in [5.41, 5.74) is 9.55. The summed E-state index contributed by atoms with van der Waals surface area (Å²) in [6.45, 7) is 4.86. The summed E-state index contributed by atoms with van der Waals surface area (Å²) >= 11 is 0. The number of carbonyl (C=O) groups is 1. The number of ether oxygens (including phenoxy) is 1. The van der Waals surface area contributed by atoms with E-state index in [1.165, 1.54) is 0 Å². The number of nitrogens with zero attached hydrogens (tertiary/aromatic N) is 1. The van der Waals surface area contributed by atoms with E-state index in [0.717, 1.165) is 27.7 Å². The van der Waals surface area contributed by atoms with E-state index in [-0.39, 0.29) is 31.7 Å². The van der Waals surface area contributed by atoms with Gasteiger partial charge in [0.1, 0.15) is 5.75 Å². The lowest BCUT2D eigenvalue weighted by Crippen LogP contribution is -2.14. The van der Waals surface area contributed by atoms with Gasteiger partial charge in [-0.05, 0) is 49.6 Å². The molecule has 1 amide bonds. The minimum absolute atomic E-state index is 0.0442. The molecule has 31 heavy (non-hydrogen) atoms. The fourth-order valence-corrected chi connectivity index (χ4v) is 4.77. The zero-order valence-corrected chi connectivity index (χ0v) is 18.8. The van der Waals surface area contributed by atoms with Gasteiger partial charge in [-0.2, -0.15) is 0 Å². The Balaban J connectivity index is 1.83. The SMILES string of the molecule is CCOP(=O)(O)CCCOc1ccc2c(c1)c(CC(N)=O)c(C)n2Cc1ccccc1. The van der Waals surface area contributed by atoms with Crippen molar-refractivity contribution in [2.75, 3.05) is 19.4 Å². The zero-order valence-electron chi connectivity index (χ0n) is 17.9. The van der Waals surface area contributed by atoms with Gasteiger partial charge < -0.3 is 24.5 Å². The summed E-state index contributed by atoms with van der Waals surface area (Å²) in [5, 5.41) is 0.923. The average molecular weight is 444 g/mol. The molecule has 7 nitrogen and oxygen atoms in total. The summed E-state index contributed by atoms with van der Waals surface area (Å²) < 4.78 is 24.6. The standard InChI is InChI=1S/C23H29N2O5P/c1-3-30-31(27,28)13-7-12-29-19-10-11-22-21(14-19)20(15-23(24)26)17(2)25(22)16-18-8-5-4-6-9-18/h4-6,8-11,14H,3,7,12-13,15-16H2,1-2H3,(H2,24,26)(H,27,28). The lowest BCUT2D eigenvalue weighted by molar-refractivity contribution is -0.117. The van der Waals surface area contributed by atoms with Crippen molar-refractivity contribution in [3.05, 3.63) is 65.4 Å². The van der Waals surface area contributed by atoms with Crippen LogP contribution in [-0.2, 0) is 26.8 Å². The molecule has 0 aliphatic heterocycles. The van der Waals surface area contributed by atoms with E-state index in [0.29, 0.717) is 18.7 Å². The molecule has 8 heteroatoms. The predicted molar refractivity (Wildman–Crippen MR) is 122 cm³/mol. The van der Waals surface area contributed by atoms with Crippen molar-refractivity contribution in [3.8, 4) is 5.75 Å². The van der Waals surface area contributed by atoms with Crippen LogP contribution in [0.5, 0.6) is 5.75 Å². The molecule has 0 spiro atoms. The van der Waals surface area contributed by atoms with Crippen molar-refractivity contribution in [2.24, 2.45) is 5.73 Å². The van der Waals surface area contributed by atoms with Gasteiger partial charge >= 0.3 is 7.60 Å². The van der Waals surface area contributed by atoms with Crippen LogP contribution in [-0.4, -0.2) is 34.7 Å². The summed E-state index contributed by atoms with van der Waals surface area (Å²) in [5.74, 6) is 0.252. The molecule has 0 saturated carbocycles. The molecule has 0 fully saturated rings. The Bertz CT molecular complexity index is 1090. The van der Waals surface area contributed by atoms with Gasteiger partial charge in [0.05, 0.1) is 25.8 Å². The summed E-state index contributed by atoms with van der Waals surface area (Å²) in [7, 11) is -3.55. The summed E-state index contributed by atoms with van der Waals surface area (Å²) in [6.07, 6.45) is 0.589. The minimum Gasteiger partial charge on any atom is -0.494 e. The second kappa shape index (κ2) is 10.1. The van der Waals surface area contributed by atoms with Crippen molar-refractivity contribution < 1.29 is 23.5 Å². The van der Waals surface area contributed by atoms with Crippen LogP contribution in [0.2, 0.25) is 0 Å². The van der Waals surface area contributed by atoms with Crippen LogP contribution in [0, 0.1) is 6.92 Å². The highest BCUT2D eigenvalue weighted by atomic mass is 31.2. The van der Waals surface area contributed by atoms with Crippen molar-refractivity contribution in [1.82, 2.24) is 4.57 Å². The Hall–Kier alpha value is -2.60. The minimum atomic E-state index is -3.55. The number of amides is 1. The number of primary amides is 1. The van der Waals surface area contributed by atoms with Gasteiger partial charge in [0.25, 0.3) is 0 Å². The molecular weight excluding hydrogens is 415 g/mol. The van der Waals surface area contributed by atoms with E-state index in [1.807, 2.05) is 43.3 Å². The number of carbonyl (C=O) groups excluding carboxylic acids is 1. The Morgan fingerprint density at radius 1 is 1.19 bits per heavy atom. The van der Waals surface area contributed by atoms with Crippen molar-refractivity contribution in [3.63, 3.8) is 0 Å². The van der Waals surface area contributed by atoms with Gasteiger partial charge in [0, 0.05) is 23.1 Å². The van der Waals surface area contributed by atoms with Crippen LogP contribution in [0.3, 0.4) is 0 Å². The summed E-state index contributed by atoms with van der Waals surface area (Å²) in [4.78, 5) is 21.4. The monoisotopic (exact) mass is 444 g/mol. The summed E-state index contributed by atoms with van der Waals surface area (Å²) in [6, 6.07) is 15.9. The molecule has 3 rings (SSSR count). The van der Waals surface area contributed by atoms with E-state index in [2.05, 4.69) is 16.7 Å². The van der Waals surface area contributed by atoms with Crippen molar-refractivity contribution in [2.45, 2.75) is 33.2 Å². The van der Waals surface area contributed by atoms with Crippen LogP contribution < -0.4 is 10.5 Å². The molecule has 3 aromatic rings. The smallest absolute Gasteiger partial charge is 0.328 e. The normalized spacial score (nSPS) is 13.3. The molecule has 1 heterocycles. The first-order chi connectivity index (χ1) is 14.8. The zero-order chi connectivity index (χ0) is 22.4. The molecule has 2 aromatic carbocycles. The third-order valence-electron chi connectivity index (χ3n) is 5.14. The molecule has 0 saturated heterocycles. The van der Waals surface area contributed by atoms with E-state index >= 15 is 0 Å². The molecular formula is C23H29N2O5P. The topological polar surface area (TPSA) is 104 Å². The van der Waals surface area contributed by atoms with Crippen LogP contribution in [0.4, 0.5) is 0 Å². The molecule has 1 aromatic heterocycles. The quantitative estimate of drug-likeness (QED) is 0.343. The van der Waals surface area contributed by atoms with E-state index in [9.17, 15) is 14.3 Å². The van der Waals surface area contributed by atoms with Gasteiger partial charge in [-0.15, -0.1) is 0 Å². The Morgan fingerprint density at radius 3 is 2.61 bits per heavy atom. The number of fused-ring (bicyclic) bond motifs is 1. The maximum atomic E-state index is 11.8. The van der Waals surface area contributed by atoms with E-state index in [4.69, 9.17) is 15.0 Å². The second-order valence-corrected chi connectivity index (χ2v) is 9.42. The highest BCUT2D eigenvalue weighted by molar-refractivity contribution is 7.52. The van der Waals surface area contributed by atoms with Gasteiger partial charge in [-0.1, -0.05) is 30.3 Å². The number of benzene rings is 2. The maximum Gasteiger partial charge on any atom is 0.328 e. The van der Waals surface area contributed by atoms with Gasteiger partial charge in [-0.25, -0.2) is 0 Å². The fourth-order valence-electron chi connectivity index (χ4n) is 3.71. The lowest BCUT2D eigenvalue weighted by atomic mass is 10.1. The van der Waals surface area contributed by atoms with Gasteiger partial charge in [0.2, 0.25) is 5.91 Å². The van der Waals surface area contributed by atoms with Crippen LogP contribution >= 0.6 is 7.60 Å². The second-order valence-electron chi connectivity index (χ2n) is 7.44. The lowest BCUT2D eigenvalue weighted by Gasteiger charge is -2.11. The van der Waals surface area contributed by atoms with Gasteiger partial charge in [0.15, 0.2) is 0 Å². The molecule has 0 radical (unpaired) electrons. The first kappa shape index (κ1) is 23.1. The van der Waals surface area contributed by atoms with Crippen molar-refractivity contribution >= 4 is 24.4 Å². The maximum absolute atomic E-state index is 11.8. The van der Waals surface area contributed by atoms with Crippen LogP contribution in [0.15, 0.2) is 48.5 Å². The molecule has 0 aliphatic carbocycles. The fraction of sp³-hybridized carbons (Fsp3) is 0.348. The molecule has 1 unspecified atom stereocenters. The van der Waals surface area contributed by atoms with Gasteiger partial charge in [-0.3, -0.25) is 9.36 Å². The molecule has 1 atom stereocenters. The van der Waals surface area contributed by atoms with E-state index in [1.54, 1.807) is 6.92 Å². The molecule has 0 bridgehead atoms. The highest BCUT2D eigenvalue weighted by Gasteiger charge is 2.19.